The average Bonchev–Trinajstić information content (AvgIpc) is 2.64. The third-order valence-corrected chi connectivity index (χ3v) is 4.75. The van der Waals surface area contributed by atoms with Gasteiger partial charge in [-0.15, -0.1) is 11.8 Å². The van der Waals surface area contributed by atoms with E-state index in [0.717, 1.165) is 4.90 Å². The number of ether oxygens (including phenoxy) is 1. The van der Waals surface area contributed by atoms with Gasteiger partial charge in [-0.25, -0.2) is 4.79 Å². The molecule has 0 aliphatic carbocycles. The number of thioether (sulfide) groups is 1. The highest BCUT2D eigenvalue weighted by molar-refractivity contribution is 7.99. The number of rotatable bonds is 8. The maximum absolute atomic E-state index is 12.0. The molecule has 0 atom stereocenters. The molecule has 0 saturated heterocycles. The lowest BCUT2D eigenvalue weighted by atomic mass is 10.1. The molecule has 0 aromatic heterocycles. The number of aryl methyl sites for hydroxylation is 1. The number of nitrogens with one attached hydrogen (secondary N) is 1. The molecule has 0 bridgehead atoms. The number of nitro groups is 1. The van der Waals surface area contributed by atoms with E-state index < -0.39 is 23.4 Å². The van der Waals surface area contributed by atoms with Crippen molar-refractivity contribution in [2.45, 2.75) is 11.8 Å². The van der Waals surface area contributed by atoms with Crippen LogP contribution in [0.15, 0.2) is 47.4 Å². The number of hydrogen-bond donors (Lipinski definition) is 1. The average molecular weight is 409 g/mol. The number of hydrogen-bond acceptors (Lipinski definition) is 6. The molecule has 1 amide bonds. The molecule has 0 fully saturated rings. The summed E-state index contributed by atoms with van der Waals surface area (Å²) in [5.41, 5.74) is -0.147. The van der Waals surface area contributed by atoms with Gasteiger partial charge in [0.15, 0.2) is 6.61 Å². The zero-order valence-corrected chi connectivity index (χ0v) is 16.0. The summed E-state index contributed by atoms with van der Waals surface area (Å²) in [5.74, 6) is -0.753. The number of esters is 1. The predicted molar refractivity (Wildman–Crippen MR) is 103 cm³/mol. The highest BCUT2D eigenvalue weighted by Gasteiger charge is 2.24. The molecule has 0 heterocycles. The second kappa shape index (κ2) is 9.94. The Bertz CT molecular complexity index is 842. The Morgan fingerprint density at radius 1 is 1.22 bits per heavy atom. The number of amides is 1. The van der Waals surface area contributed by atoms with Crippen LogP contribution >= 0.6 is 23.4 Å². The lowest BCUT2D eigenvalue weighted by molar-refractivity contribution is -0.385. The second-order valence-corrected chi connectivity index (χ2v) is 7.06. The molecular weight excluding hydrogens is 392 g/mol. The van der Waals surface area contributed by atoms with Crippen LogP contribution in [0.1, 0.15) is 15.9 Å². The zero-order chi connectivity index (χ0) is 19.8. The quantitative estimate of drug-likeness (QED) is 0.235. The van der Waals surface area contributed by atoms with E-state index in [4.69, 9.17) is 16.3 Å². The van der Waals surface area contributed by atoms with E-state index in [1.54, 1.807) is 23.9 Å². The fourth-order valence-electron chi connectivity index (χ4n) is 2.22. The first-order chi connectivity index (χ1) is 12.9. The van der Waals surface area contributed by atoms with Crippen LogP contribution in [0.4, 0.5) is 5.69 Å². The topological polar surface area (TPSA) is 98.5 Å². The summed E-state index contributed by atoms with van der Waals surface area (Å²) < 4.78 is 4.89. The number of halogens is 1. The van der Waals surface area contributed by atoms with E-state index >= 15 is 0 Å². The SMILES string of the molecule is Cc1cccc(C(=O)OCC(=O)NCCSc2ccc(Cl)cc2)c1[N+](=O)[O-]. The lowest BCUT2D eigenvalue weighted by Gasteiger charge is -2.08. The van der Waals surface area contributed by atoms with E-state index in [0.29, 0.717) is 22.9 Å². The first kappa shape index (κ1) is 20.7. The third kappa shape index (κ3) is 6.26. The van der Waals surface area contributed by atoms with Crippen LogP contribution in [0.25, 0.3) is 0 Å². The van der Waals surface area contributed by atoms with E-state index in [1.807, 2.05) is 12.1 Å². The highest BCUT2D eigenvalue weighted by Crippen LogP contribution is 2.23. The Balaban J connectivity index is 1.77. The standard InChI is InChI=1S/C18H17ClN2O5S/c1-12-3-2-4-15(17(12)21(24)25)18(23)26-11-16(22)20-9-10-27-14-7-5-13(19)6-8-14/h2-8H,9-11H2,1H3,(H,20,22). The molecule has 27 heavy (non-hydrogen) atoms. The minimum atomic E-state index is -0.906. The van der Waals surface area contributed by atoms with Gasteiger partial charge < -0.3 is 10.1 Å². The summed E-state index contributed by atoms with van der Waals surface area (Å²) in [6.45, 7) is 1.41. The van der Waals surface area contributed by atoms with Crippen molar-refractivity contribution in [1.29, 1.82) is 0 Å². The van der Waals surface area contributed by atoms with Crippen molar-refractivity contribution in [3.8, 4) is 0 Å². The normalized spacial score (nSPS) is 10.3. The van der Waals surface area contributed by atoms with Gasteiger partial charge in [-0.05, 0) is 37.3 Å². The molecule has 0 radical (unpaired) electrons. The molecule has 0 unspecified atom stereocenters. The van der Waals surface area contributed by atoms with Gasteiger partial charge in [0.25, 0.3) is 11.6 Å². The van der Waals surface area contributed by atoms with Gasteiger partial charge in [0, 0.05) is 27.8 Å². The minimum absolute atomic E-state index is 0.175. The summed E-state index contributed by atoms with van der Waals surface area (Å²) in [6.07, 6.45) is 0. The van der Waals surface area contributed by atoms with Crippen molar-refractivity contribution < 1.29 is 19.2 Å². The van der Waals surface area contributed by atoms with Gasteiger partial charge in [0.1, 0.15) is 5.56 Å². The monoisotopic (exact) mass is 408 g/mol. The molecule has 1 N–H and O–H groups in total. The van der Waals surface area contributed by atoms with Crippen molar-refractivity contribution in [3.05, 3.63) is 68.7 Å². The summed E-state index contributed by atoms with van der Waals surface area (Å²) in [6, 6.07) is 11.7. The van der Waals surface area contributed by atoms with Crippen LogP contribution in [-0.4, -0.2) is 35.7 Å². The van der Waals surface area contributed by atoms with Crippen LogP contribution < -0.4 is 5.32 Å². The molecule has 2 rings (SSSR count). The van der Waals surface area contributed by atoms with Crippen LogP contribution in [-0.2, 0) is 9.53 Å². The van der Waals surface area contributed by atoms with Gasteiger partial charge in [0.2, 0.25) is 0 Å². The fourth-order valence-corrected chi connectivity index (χ4v) is 3.11. The van der Waals surface area contributed by atoms with E-state index in [-0.39, 0.29) is 11.3 Å². The van der Waals surface area contributed by atoms with Gasteiger partial charge in [-0.3, -0.25) is 14.9 Å². The molecule has 0 saturated carbocycles. The molecule has 142 valence electrons. The molecule has 2 aromatic carbocycles. The summed E-state index contributed by atoms with van der Waals surface area (Å²) in [5, 5.41) is 14.4. The Kier molecular flexibility index (Phi) is 7.63. The maximum atomic E-state index is 12.0. The van der Waals surface area contributed by atoms with Crippen molar-refractivity contribution in [2.75, 3.05) is 18.9 Å². The number of carbonyl (C=O) groups excluding carboxylic acids is 2. The predicted octanol–water partition coefficient (Wildman–Crippen LogP) is 3.62. The van der Waals surface area contributed by atoms with E-state index in [1.165, 1.54) is 25.1 Å². The smallest absolute Gasteiger partial charge is 0.345 e. The molecule has 9 heteroatoms. The zero-order valence-electron chi connectivity index (χ0n) is 14.4. The molecule has 0 aliphatic rings. The van der Waals surface area contributed by atoms with Crippen molar-refractivity contribution >= 4 is 40.9 Å². The lowest BCUT2D eigenvalue weighted by Crippen LogP contribution is -2.30. The maximum Gasteiger partial charge on any atom is 0.345 e. The molecule has 0 aliphatic heterocycles. The second-order valence-electron chi connectivity index (χ2n) is 5.46. The number of para-hydroxylation sites is 1. The van der Waals surface area contributed by atoms with Crippen molar-refractivity contribution in [1.82, 2.24) is 5.32 Å². The van der Waals surface area contributed by atoms with Gasteiger partial charge >= 0.3 is 5.97 Å². The first-order valence-corrected chi connectivity index (χ1v) is 9.31. The highest BCUT2D eigenvalue weighted by atomic mass is 35.5. The van der Waals surface area contributed by atoms with Crippen molar-refractivity contribution in [2.24, 2.45) is 0 Å². The van der Waals surface area contributed by atoms with Crippen LogP contribution in [0.3, 0.4) is 0 Å². The molecule has 2 aromatic rings. The summed E-state index contributed by atoms with van der Waals surface area (Å²) >= 11 is 7.35. The third-order valence-electron chi connectivity index (χ3n) is 3.48. The Labute approximate surface area is 165 Å². The van der Waals surface area contributed by atoms with E-state index in [9.17, 15) is 19.7 Å². The largest absolute Gasteiger partial charge is 0.452 e. The minimum Gasteiger partial charge on any atom is -0.452 e. The number of nitro benzene ring substituents is 1. The Morgan fingerprint density at radius 3 is 2.59 bits per heavy atom. The molecular formula is C18H17ClN2O5S. The van der Waals surface area contributed by atoms with Crippen molar-refractivity contribution in [3.63, 3.8) is 0 Å². The first-order valence-electron chi connectivity index (χ1n) is 7.94. The fraction of sp³-hybridized carbons (Fsp3) is 0.222. The van der Waals surface area contributed by atoms with Crippen LogP contribution in [0.5, 0.6) is 0 Å². The molecule has 7 nitrogen and oxygen atoms in total. The van der Waals surface area contributed by atoms with Crippen LogP contribution in [0, 0.1) is 17.0 Å². The van der Waals surface area contributed by atoms with Gasteiger partial charge in [-0.2, -0.15) is 0 Å². The summed E-state index contributed by atoms with van der Waals surface area (Å²) in [7, 11) is 0. The number of benzene rings is 2. The van der Waals surface area contributed by atoms with Crippen LogP contribution in [0.2, 0.25) is 5.02 Å². The Morgan fingerprint density at radius 2 is 1.93 bits per heavy atom. The number of carbonyl (C=O) groups is 2. The Hall–Kier alpha value is -2.58. The van der Waals surface area contributed by atoms with E-state index in [2.05, 4.69) is 5.32 Å². The summed E-state index contributed by atoms with van der Waals surface area (Å²) in [4.78, 5) is 35.3. The van der Waals surface area contributed by atoms with Gasteiger partial charge in [0.05, 0.1) is 4.92 Å². The number of nitrogens with zero attached hydrogens (tertiary/aromatic N) is 1. The van der Waals surface area contributed by atoms with Gasteiger partial charge in [-0.1, -0.05) is 23.7 Å². The molecule has 0 spiro atoms.